The first-order chi connectivity index (χ1) is 14.5. The Kier molecular flexibility index (Phi) is 4.10. The number of nitriles is 1. The van der Waals surface area contributed by atoms with E-state index in [0.717, 1.165) is 27.7 Å². The largest absolute Gasteiger partial charge is 0.321 e. The third-order valence-electron chi connectivity index (χ3n) is 5.60. The molecule has 3 heterocycles. The van der Waals surface area contributed by atoms with Crippen molar-refractivity contribution in [2.24, 2.45) is 0 Å². The molecule has 1 aliphatic carbocycles. The highest BCUT2D eigenvalue weighted by atomic mass is 16.1. The molecule has 30 heavy (non-hydrogen) atoms. The Morgan fingerprint density at radius 1 is 1.27 bits per heavy atom. The third-order valence-corrected chi connectivity index (χ3v) is 5.60. The van der Waals surface area contributed by atoms with E-state index in [9.17, 15) is 4.79 Å². The maximum absolute atomic E-state index is 12.8. The molecule has 5 rings (SSSR count). The van der Waals surface area contributed by atoms with Gasteiger partial charge in [0, 0.05) is 29.0 Å². The number of fused-ring (bicyclic) bond motifs is 1. The van der Waals surface area contributed by atoms with Crippen LogP contribution in [0.15, 0.2) is 36.8 Å². The summed E-state index contributed by atoms with van der Waals surface area (Å²) >= 11 is 0. The lowest BCUT2D eigenvalue weighted by Gasteiger charge is -2.10. The maximum Gasteiger partial charge on any atom is 0.274 e. The summed E-state index contributed by atoms with van der Waals surface area (Å²) in [6, 6.07) is 8.20. The molecule has 0 atom stereocenters. The normalized spacial score (nSPS) is 13.4. The van der Waals surface area contributed by atoms with Crippen molar-refractivity contribution in [1.82, 2.24) is 25.0 Å². The number of nitrogens with one attached hydrogen (secondary N) is 2. The van der Waals surface area contributed by atoms with Crippen molar-refractivity contribution >= 4 is 22.5 Å². The zero-order valence-electron chi connectivity index (χ0n) is 16.6. The van der Waals surface area contributed by atoms with Crippen molar-refractivity contribution in [1.29, 1.82) is 5.26 Å². The Morgan fingerprint density at radius 2 is 2.10 bits per heavy atom. The highest BCUT2D eigenvalue weighted by Crippen LogP contribution is 2.36. The SMILES string of the molecule is Cc1c(C#N)cnc(C(=O)Nc2ccc3[nH]nc(-c4cnn(C5CC5)c4)c3c2)c1C. The second-order valence-corrected chi connectivity index (χ2v) is 7.61. The number of rotatable bonds is 4. The van der Waals surface area contributed by atoms with Crippen molar-refractivity contribution in [3.63, 3.8) is 0 Å². The van der Waals surface area contributed by atoms with Crippen molar-refractivity contribution in [2.45, 2.75) is 32.7 Å². The van der Waals surface area contributed by atoms with E-state index in [1.807, 2.05) is 42.2 Å². The fourth-order valence-corrected chi connectivity index (χ4v) is 3.55. The molecule has 1 aromatic carbocycles. The Morgan fingerprint density at radius 3 is 2.87 bits per heavy atom. The van der Waals surface area contributed by atoms with Crippen LogP contribution in [-0.2, 0) is 0 Å². The van der Waals surface area contributed by atoms with E-state index < -0.39 is 0 Å². The quantitative estimate of drug-likeness (QED) is 0.542. The summed E-state index contributed by atoms with van der Waals surface area (Å²) < 4.78 is 1.99. The number of carbonyl (C=O) groups excluding carboxylic acids is 1. The van der Waals surface area contributed by atoms with Gasteiger partial charge in [-0.15, -0.1) is 0 Å². The number of aromatic amines is 1. The van der Waals surface area contributed by atoms with Gasteiger partial charge in [0.15, 0.2) is 0 Å². The molecule has 2 N–H and O–H groups in total. The second-order valence-electron chi connectivity index (χ2n) is 7.61. The first-order valence-corrected chi connectivity index (χ1v) is 9.75. The lowest BCUT2D eigenvalue weighted by atomic mass is 10.0. The molecule has 1 fully saturated rings. The van der Waals surface area contributed by atoms with Gasteiger partial charge in [-0.1, -0.05) is 0 Å². The molecular formula is C22H19N7O. The minimum absolute atomic E-state index is 0.310. The first kappa shape index (κ1) is 18.1. The number of nitrogens with zero attached hydrogens (tertiary/aromatic N) is 5. The summed E-state index contributed by atoms with van der Waals surface area (Å²) in [5, 5.41) is 24.9. The number of benzene rings is 1. The van der Waals surface area contributed by atoms with E-state index in [0.29, 0.717) is 28.6 Å². The van der Waals surface area contributed by atoms with E-state index in [2.05, 4.69) is 31.7 Å². The topological polar surface area (TPSA) is 112 Å². The molecule has 1 aliphatic rings. The van der Waals surface area contributed by atoms with Crippen molar-refractivity contribution in [2.75, 3.05) is 5.32 Å². The lowest BCUT2D eigenvalue weighted by Crippen LogP contribution is -2.16. The van der Waals surface area contributed by atoms with Gasteiger partial charge in [-0.25, -0.2) is 4.98 Å². The average Bonchev–Trinajstić information content (AvgIpc) is 3.33. The average molecular weight is 397 g/mol. The summed E-state index contributed by atoms with van der Waals surface area (Å²) in [7, 11) is 0. The van der Waals surface area contributed by atoms with Crippen LogP contribution in [0.1, 0.15) is 46.1 Å². The summed E-state index contributed by atoms with van der Waals surface area (Å²) in [5.41, 5.74) is 5.51. The molecule has 1 amide bonds. The summed E-state index contributed by atoms with van der Waals surface area (Å²) in [5.74, 6) is -0.314. The zero-order valence-corrected chi connectivity index (χ0v) is 16.6. The molecule has 0 unspecified atom stereocenters. The van der Waals surface area contributed by atoms with Gasteiger partial charge in [0.2, 0.25) is 0 Å². The Balaban J connectivity index is 1.46. The predicted molar refractivity (Wildman–Crippen MR) is 112 cm³/mol. The van der Waals surface area contributed by atoms with Crippen LogP contribution in [-0.4, -0.2) is 30.9 Å². The number of amides is 1. The summed E-state index contributed by atoms with van der Waals surface area (Å²) in [4.78, 5) is 17.0. The minimum Gasteiger partial charge on any atom is -0.321 e. The number of hydrogen-bond acceptors (Lipinski definition) is 5. The Hall–Kier alpha value is -3.99. The Labute approximate surface area is 172 Å². The van der Waals surface area contributed by atoms with Crippen molar-refractivity contribution in [3.05, 3.63) is 59.2 Å². The zero-order chi connectivity index (χ0) is 20.8. The Bertz CT molecular complexity index is 1340. The van der Waals surface area contributed by atoms with Gasteiger partial charge in [0.05, 0.1) is 23.3 Å². The first-order valence-electron chi connectivity index (χ1n) is 9.75. The van der Waals surface area contributed by atoms with Crippen LogP contribution >= 0.6 is 0 Å². The van der Waals surface area contributed by atoms with Crippen LogP contribution in [0.5, 0.6) is 0 Å². The van der Waals surface area contributed by atoms with Gasteiger partial charge < -0.3 is 5.32 Å². The molecule has 0 bridgehead atoms. The van der Waals surface area contributed by atoms with Crippen molar-refractivity contribution in [3.8, 4) is 17.3 Å². The number of anilines is 1. The van der Waals surface area contributed by atoms with Gasteiger partial charge in [0.1, 0.15) is 17.5 Å². The van der Waals surface area contributed by atoms with E-state index in [1.165, 1.54) is 19.0 Å². The minimum atomic E-state index is -0.314. The molecule has 1 saturated carbocycles. The van der Waals surface area contributed by atoms with E-state index in [1.54, 1.807) is 6.92 Å². The van der Waals surface area contributed by atoms with Crippen LogP contribution in [0, 0.1) is 25.2 Å². The van der Waals surface area contributed by atoms with E-state index >= 15 is 0 Å². The summed E-state index contributed by atoms with van der Waals surface area (Å²) in [6.45, 7) is 3.62. The molecule has 0 saturated heterocycles. The van der Waals surface area contributed by atoms with Gasteiger partial charge in [0.25, 0.3) is 5.91 Å². The van der Waals surface area contributed by atoms with Crippen LogP contribution in [0.2, 0.25) is 0 Å². The maximum atomic E-state index is 12.8. The molecule has 148 valence electrons. The van der Waals surface area contributed by atoms with Gasteiger partial charge in [-0.3, -0.25) is 14.6 Å². The van der Waals surface area contributed by atoms with Crippen LogP contribution in [0.25, 0.3) is 22.2 Å². The fraction of sp³-hybridized carbons (Fsp3) is 0.227. The third kappa shape index (κ3) is 3.01. The van der Waals surface area contributed by atoms with E-state index in [-0.39, 0.29) is 5.91 Å². The standard InChI is InChI=1S/C22H19N7O/c1-12-13(2)20(24-9-14(12)8-23)22(30)26-16-3-6-19-18(7-16)21(28-27-19)15-10-25-29(11-15)17-4-5-17/h3,6-7,9-11,17H,4-5H2,1-2H3,(H,26,30)(H,27,28). The second kappa shape index (κ2) is 6.81. The monoisotopic (exact) mass is 397 g/mol. The molecule has 0 spiro atoms. The van der Waals surface area contributed by atoms with Crippen molar-refractivity contribution < 1.29 is 4.79 Å². The lowest BCUT2D eigenvalue weighted by molar-refractivity contribution is 0.102. The molecule has 0 aliphatic heterocycles. The van der Waals surface area contributed by atoms with Gasteiger partial charge in [-0.05, 0) is 56.0 Å². The molecular weight excluding hydrogens is 378 g/mol. The smallest absolute Gasteiger partial charge is 0.274 e. The van der Waals surface area contributed by atoms with E-state index in [4.69, 9.17) is 5.26 Å². The van der Waals surface area contributed by atoms with Crippen LogP contribution in [0.4, 0.5) is 5.69 Å². The molecule has 8 nitrogen and oxygen atoms in total. The number of H-pyrrole nitrogens is 1. The fourth-order valence-electron chi connectivity index (χ4n) is 3.55. The molecule has 8 heteroatoms. The van der Waals surface area contributed by atoms with Crippen LogP contribution in [0.3, 0.4) is 0 Å². The highest BCUT2D eigenvalue weighted by Gasteiger charge is 2.25. The summed E-state index contributed by atoms with van der Waals surface area (Å²) in [6.07, 6.45) is 7.62. The predicted octanol–water partition coefficient (Wildman–Crippen LogP) is 3.90. The van der Waals surface area contributed by atoms with Gasteiger partial charge in [-0.2, -0.15) is 15.5 Å². The molecule has 4 aromatic rings. The molecule has 3 aromatic heterocycles. The number of pyridine rings is 1. The number of hydrogen-bond donors (Lipinski definition) is 2. The molecule has 0 radical (unpaired) electrons. The van der Waals surface area contributed by atoms with Gasteiger partial charge >= 0.3 is 0 Å². The highest BCUT2D eigenvalue weighted by molar-refractivity contribution is 6.05. The van der Waals surface area contributed by atoms with Crippen LogP contribution < -0.4 is 5.32 Å². The number of aromatic nitrogens is 5. The number of carbonyl (C=O) groups is 1.